The fraction of sp³-hybridized carbons (Fsp3) is 0.786. The third kappa shape index (κ3) is 5.98. The van der Waals surface area contributed by atoms with E-state index in [1.54, 1.807) is 0 Å². The zero-order chi connectivity index (χ0) is 16.7. The van der Waals surface area contributed by atoms with Crippen LogP contribution in [0.4, 0.5) is 0 Å². The van der Waals surface area contributed by atoms with Gasteiger partial charge in [-0.25, -0.2) is 5.43 Å². The van der Waals surface area contributed by atoms with Crippen LogP contribution >= 0.6 is 0 Å². The Morgan fingerprint density at radius 2 is 1.95 bits per heavy atom. The highest BCUT2D eigenvalue weighted by Crippen LogP contribution is 2.06. The van der Waals surface area contributed by atoms with Crippen molar-refractivity contribution < 1.29 is 19.5 Å². The number of carboxylic acid groups (broad SMARTS) is 1. The molecule has 0 aromatic rings. The van der Waals surface area contributed by atoms with Gasteiger partial charge in [0, 0.05) is 0 Å². The van der Waals surface area contributed by atoms with E-state index < -0.39 is 24.0 Å². The monoisotopic (exact) mass is 314 g/mol. The van der Waals surface area contributed by atoms with Crippen molar-refractivity contribution in [2.24, 2.45) is 5.92 Å². The van der Waals surface area contributed by atoms with Crippen LogP contribution in [0, 0.1) is 5.92 Å². The molecule has 2 amide bonds. The molecule has 1 saturated heterocycles. The second kappa shape index (κ2) is 8.70. The van der Waals surface area contributed by atoms with Gasteiger partial charge in [-0.2, -0.15) is 0 Å². The fourth-order valence-electron chi connectivity index (χ4n) is 2.23. The summed E-state index contributed by atoms with van der Waals surface area (Å²) in [6.07, 6.45) is 2.20. The summed E-state index contributed by atoms with van der Waals surface area (Å²) in [7, 11) is 0. The van der Waals surface area contributed by atoms with Crippen LogP contribution in [0.1, 0.15) is 40.0 Å². The average molecular weight is 314 g/mol. The number of aliphatic carboxylic acids is 1. The molecule has 126 valence electrons. The molecule has 5 N–H and O–H groups in total. The van der Waals surface area contributed by atoms with E-state index in [0.29, 0.717) is 6.42 Å². The number of nitrogens with one attached hydrogen (secondary N) is 4. The Balaban J connectivity index is 2.53. The Labute approximate surface area is 130 Å². The van der Waals surface area contributed by atoms with E-state index in [9.17, 15) is 14.4 Å². The molecule has 1 fully saturated rings. The smallest absolute Gasteiger partial charge is 0.325 e. The highest BCUT2D eigenvalue weighted by molar-refractivity contribution is 5.87. The second-order valence-corrected chi connectivity index (χ2v) is 6.03. The first-order valence-corrected chi connectivity index (χ1v) is 7.63. The lowest BCUT2D eigenvalue weighted by molar-refractivity contribution is -0.141. The standard InChI is InChI=1S/C14H26N4O4/c1-8(2)7-11(12(19)16-9(3)14(21)22)17-18-13(20)10-5-4-6-15-10/h8-11,15,17H,4-7H2,1-3H3,(H,16,19)(H,18,20)(H,21,22)/t9?,10-,11-/m0/s1. The number of amides is 2. The maximum absolute atomic E-state index is 12.1. The van der Waals surface area contributed by atoms with Gasteiger partial charge in [0.15, 0.2) is 0 Å². The Kier molecular flexibility index (Phi) is 7.26. The number of hydrogen-bond donors (Lipinski definition) is 5. The number of carboxylic acids is 1. The highest BCUT2D eigenvalue weighted by atomic mass is 16.4. The number of hydrogen-bond acceptors (Lipinski definition) is 5. The van der Waals surface area contributed by atoms with Gasteiger partial charge in [0.1, 0.15) is 12.1 Å². The van der Waals surface area contributed by atoms with E-state index >= 15 is 0 Å². The zero-order valence-electron chi connectivity index (χ0n) is 13.3. The van der Waals surface area contributed by atoms with Crippen molar-refractivity contribution in [1.82, 2.24) is 21.5 Å². The van der Waals surface area contributed by atoms with Crippen LogP contribution < -0.4 is 21.5 Å². The average Bonchev–Trinajstić information content (AvgIpc) is 2.96. The normalized spacial score (nSPS) is 20.5. The summed E-state index contributed by atoms with van der Waals surface area (Å²) >= 11 is 0. The van der Waals surface area contributed by atoms with Crippen LogP contribution in [-0.4, -0.2) is 47.6 Å². The van der Waals surface area contributed by atoms with Gasteiger partial charge in [-0.1, -0.05) is 13.8 Å². The van der Waals surface area contributed by atoms with Crippen molar-refractivity contribution in [3.63, 3.8) is 0 Å². The molecule has 3 atom stereocenters. The van der Waals surface area contributed by atoms with Gasteiger partial charge in [0.2, 0.25) is 5.91 Å². The summed E-state index contributed by atoms with van der Waals surface area (Å²) in [6, 6.07) is -1.89. The van der Waals surface area contributed by atoms with Gasteiger partial charge in [-0.05, 0) is 38.6 Å². The number of carbonyl (C=O) groups excluding carboxylic acids is 2. The van der Waals surface area contributed by atoms with Crippen LogP contribution in [0.2, 0.25) is 0 Å². The van der Waals surface area contributed by atoms with Crippen molar-refractivity contribution in [2.75, 3.05) is 6.54 Å². The van der Waals surface area contributed by atoms with E-state index in [-0.39, 0.29) is 17.9 Å². The van der Waals surface area contributed by atoms with Gasteiger partial charge in [0.25, 0.3) is 5.91 Å². The molecule has 1 aliphatic rings. The third-order valence-corrected chi connectivity index (χ3v) is 3.50. The second-order valence-electron chi connectivity index (χ2n) is 6.03. The minimum absolute atomic E-state index is 0.203. The zero-order valence-corrected chi connectivity index (χ0v) is 13.3. The molecule has 0 aliphatic carbocycles. The molecule has 8 nitrogen and oxygen atoms in total. The summed E-state index contributed by atoms with van der Waals surface area (Å²) in [5, 5.41) is 14.3. The topological polar surface area (TPSA) is 120 Å². The van der Waals surface area contributed by atoms with E-state index in [2.05, 4.69) is 21.5 Å². The number of hydrazine groups is 1. The van der Waals surface area contributed by atoms with Gasteiger partial charge in [0.05, 0.1) is 6.04 Å². The first-order chi connectivity index (χ1) is 10.3. The Bertz CT molecular complexity index is 408. The van der Waals surface area contributed by atoms with E-state index in [1.165, 1.54) is 6.92 Å². The first kappa shape index (κ1) is 18.4. The SMILES string of the molecule is CC(C)C[C@H](NNC(=O)[C@@H]1CCCN1)C(=O)NC(C)C(=O)O. The molecule has 22 heavy (non-hydrogen) atoms. The van der Waals surface area contributed by atoms with Gasteiger partial charge in [-0.15, -0.1) is 0 Å². The molecule has 0 spiro atoms. The number of rotatable bonds is 8. The van der Waals surface area contributed by atoms with Crippen molar-refractivity contribution in [3.8, 4) is 0 Å². The van der Waals surface area contributed by atoms with Crippen molar-refractivity contribution in [1.29, 1.82) is 0 Å². The van der Waals surface area contributed by atoms with Crippen LogP contribution in [-0.2, 0) is 14.4 Å². The summed E-state index contributed by atoms with van der Waals surface area (Å²) in [4.78, 5) is 34.9. The summed E-state index contributed by atoms with van der Waals surface area (Å²) in [6.45, 7) is 6.10. The predicted octanol–water partition coefficient (Wildman–Crippen LogP) is -0.637. The molecule has 0 bridgehead atoms. The molecule has 1 heterocycles. The molecule has 0 radical (unpaired) electrons. The summed E-state index contributed by atoms with van der Waals surface area (Å²) < 4.78 is 0. The third-order valence-electron chi connectivity index (χ3n) is 3.50. The van der Waals surface area contributed by atoms with Gasteiger partial charge < -0.3 is 15.7 Å². The molecule has 0 aromatic heterocycles. The maximum atomic E-state index is 12.1. The lowest BCUT2D eigenvalue weighted by Crippen LogP contribution is -2.56. The highest BCUT2D eigenvalue weighted by Gasteiger charge is 2.26. The van der Waals surface area contributed by atoms with E-state index in [1.807, 2.05) is 13.8 Å². The number of carbonyl (C=O) groups is 3. The minimum atomic E-state index is -1.10. The first-order valence-electron chi connectivity index (χ1n) is 7.63. The maximum Gasteiger partial charge on any atom is 0.325 e. The Morgan fingerprint density at radius 3 is 2.45 bits per heavy atom. The molecular weight excluding hydrogens is 288 g/mol. The fourth-order valence-corrected chi connectivity index (χ4v) is 2.23. The van der Waals surface area contributed by atoms with E-state index in [4.69, 9.17) is 5.11 Å². The molecule has 1 aliphatic heterocycles. The Hall–Kier alpha value is -1.67. The molecule has 1 rings (SSSR count). The quantitative estimate of drug-likeness (QED) is 0.380. The van der Waals surface area contributed by atoms with Crippen LogP contribution in [0.5, 0.6) is 0 Å². The molecule has 1 unspecified atom stereocenters. The molecule has 8 heteroatoms. The van der Waals surface area contributed by atoms with Crippen molar-refractivity contribution in [2.45, 2.75) is 58.2 Å². The Morgan fingerprint density at radius 1 is 1.27 bits per heavy atom. The van der Waals surface area contributed by atoms with E-state index in [0.717, 1.165) is 19.4 Å². The molecule has 0 saturated carbocycles. The van der Waals surface area contributed by atoms with Crippen molar-refractivity contribution >= 4 is 17.8 Å². The molecule has 0 aromatic carbocycles. The summed E-state index contributed by atoms with van der Waals surface area (Å²) in [5.41, 5.74) is 5.28. The van der Waals surface area contributed by atoms with Crippen LogP contribution in [0.25, 0.3) is 0 Å². The lowest BCUT2D eigenvalue weighted by Gasteiger charge is -2.22. The predicted molar refractivity (Wildman–Crippen MR) is 80.8 cm³/mol. The summed E-state index contributed by atoms with van der Waals surface area (Å²) in [5.74, 6) is -1.53. The van der Waals surface area contributed by atoms with Crippen LogP contribution in [0.3, 0.4) is 0 Å². The largest absolute Gasteiger partial charge is 0.480 e. The molecular formula is C14H26N4O4. The van der Waals surface area contributed by atoms with Crippen LogP contribution in [0.15, 0.2) is 0 Å². The van der Waals surface area contributed by atoms with Gasteiger partial charge >= 0.3 is 5.97 Å². The minimum Gasteiger partial charge on any atom is -0.480 e. The lowest BCUT2D eigenvalue weighted by atomic mass is 10.0. The van der Waals surface area contributed by atoms with Gasteiger partial charge in [-0.3, -0.25) is 19.8 Å². The van der Waals surface area contributed by atoms with Crippen molar-refractivity contribution in [3.05, 3.63) is 0 Å².